The minimum absolute atomic E-state index is 0.711. The van der Waals surface area contributed by atoms with Crippen LogP contribution >= 0.6 is 0 Å². The Hall–Kier alpha value is -2.34. The molecule has 0 spiro atoms. The largest absolute Gasteiger partial charge is 0.473 e. The normalized spacial score (nSPS) is 9.79. The Morgan fingerprint density at radius 3 is 2.32 bits per heavy atom. The van der Waals surface area contributed by atoms with Crippen molar-refractivity contribution in [1.29, 1.82) is 0 Å². The number of rotatable bonds is 2. The van der Waals surface area contributed by atoms with Crippen LogP contribution in [0.3, 0.4) is 0 Å². The number of aryl methyl sites for hydroxylation is 1. The van der Waals surface area contributed by atoms with Crippen LogP contribution in [0.25, 0.3) is 10.9 Å². The molecule has 6 nitrogen and oxygen atoms in total. The SMILES string of the molecule is Cc1[nH]c2ccccc2c1CCN.O=C(O)C(=O)O. The Balaban J connectivity index is 0.000000258. The standard InChI is InChI=1S/C11H14N2.C2H2O4/c1-8-9(6-7-12)10-4-2-3-5-11(10)13-8;3-1(4)2(5)6/h2-5,13H,6-7,12H2,1H3;(H,3,4)(H,5,6). The van der Waals surface area contributed by atoms with Gasteiger partial charge in [-0.1, -0.05) is 18.2 Å². The Morgan fingerprint density at radius 1 is 1.21 bits per heavy atom. The molecule has 0 aliphatic rings. The van der Waals surface area contributed by atoms with Crippen LogP contribution < -0.4 is 5.73 Å². The zero-order valence-corrected chi connectivity index (χ0v) is 10.5. The molecule has 102 valence electrons. The number of carboxylic acids is 2. The molecule has 0 bridgehead atoms. The number of carbonyl (C=O) groups is 2. The highest BCUT2D eigenvalue weighted by Gasteiger charge is 2.05. The van der Waals surface area contributed by atoms with E-state index in [9.17, 15) is 0 Å². The van der Waals surface area contributed by atoms with Crippen molar-refractivity contribution in [3.05, 3.63) is 35.5 Å². The molecule has 0 radical (unpaired) electrons. The number of nitrogens with one attached hydrogen (secondary N) is 1. The summed E-state index contributed by atoms with van der Waals surface area (Å²) in [7, 11) is 0. The second kappa shape index (κ2) is 6.55. The van der Waals surface area contributed by atoms with Crippen molar-refractivity contribution < 1.29 is 19.8 Å². The number of benzene rings is 1. The van der Waals surface area contributed by atoms with Gasteiger partial charge in [-0.25, -0.2) is 9.59 Å². The average molecular weight is 264 g/mol. The van der Waals surface area contributed by atoms with E-state index in [4.69, 9.17) is 25.5 Å². The van der Waals surface area contributed by atoms with E-state index in [0.717, 1.165) is 6.42 Å². The van der Waals surface area contributed by atoms with Crippen molar-refractivity contribution in [3.63, 3.8) is 0 Å². The molecule has 6 heteroatoms. The molecule has 0 amide bonds. The smallest absolute Gasteiger partial charge is 0.414 e. The third kappa shape index (κ3) is 3.82. The summed E-state index contributed by atoms with van der Waals surface area (Å²) in [6.07, 6.45) is 0.954. The Bertz CT molecular complexity index is 577. The van der Waals surface area contributed by atoms with Gasteiger partial charge in [0.2, 0.25) is 0 Å². The van der Waals surface area contributed by atoms with Crippen LogP contribution in [0, 0.1) is 6.92 Å². The Morgan fingerprint density at radius 2 is 1.79 bits per heavy atom. The molecule has 2 rings (SSSR count). The number of aromatic amines is 1. The number of H-pyrrole nitrogens is 1. The van der Waals surface area contributed by atoms with Crippen molar-refractivity contribution in [2.45, 2.75) is 13.3 Å². The van der Waals surface area contributed by atoms with Crippen molar-refractivity contribution >= 4 is 22.8 Å². The lowest BCUT2D eigenvalue weighted by molar-refractivity contribution is -0.159. The number of fused-ring (bicyclic) bond motifs is 1. The number of aromatic nitrogens is 1. The van der Waals surface area contributed by atoms with Crippen LogP contribution in [-0.4, -0.2) is 33.7 Å². The Labute approximate surface area is 109 Å². The molecule has 19 heavy (non-hydrogen) atoms. The van der Waals surface area contributed by atoms with Gasteiger partial charge in [-0.05, 0) is 31.5 Å². The minimum Gasteiger partial charge on any atom is -0.473 e. The fourth-order valence-corrected chi connectivity index (χ4v) is 1.80. The van der Waals surface area contributed by atoms with E-state index >= 15 is 0 Å². The summed E-state index contributed by atoms with van der Waals surface area (Å²) < 4.78 is 0. The van der Waals surface area contributed by atoms with Gasteiger partial charge in [-0.3, -0.25) is 0 Å². The van der Waals surface area contributed by atoms with Crippen LogP contribution in [0.1, 0.15) is 11.3 Å². The van der Waals surface area contributed by atoms with Gasteiger partial charge in [0, 0.05) is 16.6 Å². The number of nitrogens with two attached hydrogens (primary N) is 1. The number of carboxylic acid groups (broad SMARTS) is 2. The van der Waals surface area contributed by atoms with Gasteiger partial charge in [0.05, 0.1) is 0 Å². The fourth-order valence-electron chi connectivity index (χ4n) is 1.80. The maximum atomic E-state index is 9.10. The van der Waals surface area contributed by atoms with E-state index in [1.165, 1.54) is 22.2 Å². The molecule has 1 aromatic heterocycles. The van der Waals surface area contributed by atoms with Crippen LogP contribution in [-0.2, 0) is 16.0 Å². The molecule has 1 aromatic carbocycles. The number of aliphatic carboxylic acids is 2. The third-order valence-corrected chi connectivity index (χ3v) is 2.60. The molecule has 2 aromatic rings. The number of hydrogen-bond donors (Lipinski definition) is 4. The molecule has 0 aliphatic carbocycles. The van der Waals surface area contributed by atoms with Gasteiger partial charge in [0.15, 0.2) is 0 Å². The first-order valence-corrected chi connectivity index (χ1v) is 5.69. The van der Waals surface area contributed by atoms with Crippen molar-refractivity contribution in [3.8, 4) is 0 Å². The average Bonchev–Trinajstić information content (AvgIpc) is 2.67. The summed E-state index contributed by atoms with van der Waals surface area (Å²) in [5, 5.41) is 16.1. The lowest BCUT2D eigenvalue weighted by Gasteiger charge is -1.96. The number of hydrogen-bond acceptors (Lipinski definition) is 3. The molecule has 0 fully saturated rings. The first-order valence-electron chi connectivity index (χ1n) is 5.69. The zero-order valence-electron chi connectivity index (χ0n) is 10.5. The summed E-state index contributed by atoms with van der Waals surface area (Å²) in [5.41, 5.74) is 9.38. The predicted octanol–water partition coefficient (Wildman–Crippen LogP) is 1.13. The molecule has 0 unspecified atom stereocenters. The van der Waals surface area contributed by atoms with E-state index in [1.54, 1.807) is 0 Å². The molecule has 1 heterocycles. The maximum absolute atomic E-state index is 9.10. The van der Waals surface area contributed by atoms with Crippen LogP contribution in [0.4, 0.5) is 0 Å². The fraction of sp³-hybridized carbons (Fsp3) is 0.231. The summed E-state index contributed by atoms with van der Waals surface area (Å²) in [6.45, 7) is 2.81. The molecular formula is C13H16N2O4. The van der Waals surface area contributed by atoms with Gasteiger partial charge in [0.1, 0.15) is 0 Å². The monoisotopic (exact) mass is 264 g/mol. The van der Waals surface area contributed by atoms with E-state index in [0.29, 0.717) is 6.54 Å². The zero-order chi connectivity index (χ0) is 14.4. The molecule has 0 aliphatic heterocycles. The Kier molecular flexibility index (Phi) is 5.08. The van der Waals surface area contributed by atoms with Crippen molar-refractivity contribution in [2.24, 2.45) is 5.73 Å². The second-order valence-electron chi connectivity index (χ2n) is 3.92. The van der Waals surface area contributed by atoms with Crippen molar-refractivity contribution in [2.75, 3.05) is 6.54 Å². The highest BCUT2D eigenvalue weighted by molar-refractivity contribution is 6.27. The molecule has 5 N–H and O–H groups in total. The molecule has 0 atom stereocenters. The second-order valence-corrected chi connectivity index (χ2v) is 3.92. The highest BCUT2D eigenvalue weighted by Crippen LogP contribution is 2.21. The van der Waals surface area contributed by atoms with E-state index in [-0.39, 0.29) is 0 Å². The first-order chi connectivity index (χ1) is 8.97. The summed E-state index contributed by atoms with van der Waals surface area (Å²) in [6, 6.07) is 8.35. The topological polar surface area (TPSA) is 116 Å². The van der Waals surface area contributed by atoms with Gasteiger partial charge in [0.25, 0.3) is 0 Å². The lowest BCUT2D eigenvalue weighted by atomic mass is 10.1. The predicted molar refractivity (Wildman–Crippen MR) is 71.1 cm³/mol. The quantitative estimate of drug-likeness (QED) is 0.607. The molecule has 0 saturated carbocycles. The molecular weight excluding hydrogens is 248 g/mol. The minimum atomic E-state index is -1.82. The van der Waals surface area contributed by atoms with Gasteiger partial charge < -0.3 is 20.9 Å². The summed E-state index contributed by atoms with van der Waals surface area (Å²) in [5.74, 6) is -3.65. The van der Waals surface area contributed by atoms with Crippen molar-refractivity contribution in [1.82, 2.24) is 4.98 Å². The first kappa shape index (κ1) is 14.7. The van der Waals surface area contributed by atoms with Gasteiger partial charge >= 0.3 is 11.9 Å². The van der Waals surface area contributed by atoms with E-state index < -0.39 is 11.9 Å². The maximum Gasteiger partial charge on any atom is 0.414 e. The van der Waals surface area contributed by atoms with Crippen LogP contribution in [0.5, 0.6) is 0 Å². The van der Waals surface area contributed by atoms with Gasteiger partial charge in [-0.15, -0.1) is 0 Å². The van der Waals surface area contributed by atoms with Crippen LogP contribution in [0.2, 0.25) is 0 Å². The van der Waals surface area contributed by atoms with E-state index in [2.05, 4.69) is 30.1 Å². The number of para-hydroxylation sites is 1. The third-order valence-electron chi connectivity index (χ3n) is 2.60. The summed E-state index contributed by atoms with van der Waals surface area (Å²) >= 11 is 0. The molecule has 0 saturated heterocycles. The summed E-state index contributed by atoms with van der Waals surface area (Å²) in [4.78, 5) is 21.6. The van der Waals surface area contributed by atoms with Crippen LogP contribution in [0.15, 0.2) is 24.3 Å². The van der Waals surface area contributed by atoms with E-state index in [1.807, 2.05) is 6.07 Å². The lowest BCUT2D eigenvalue weighted by Crippen LogP contribution is -2.09. The highest BCUT2D eigenvalue weighted by atomic mass is 16.4. The van der Waals surface area contributed by atoms with Gasteiger partial charge in [-0.2, -0.15) is 0 Å².